The van der Waals surface area contributed by atoms with Crippen LogP contribution in [0.15, 0.2) is 52.6 Å². The number of nitrogens with one attached hydrogen (secondary N) is 1. The summed E-state index contributed by atoms with van der Waals surface area (Å²) in [6, 6.07) is 7.26. The lowest BCUT2D eigenvalue weighted by Crippen LogP contribution is -2.28. The molecular weight excluding hydrogens is 418 g/mol. The van der Waals surface area contributed by atoms with Crippen molar-refractivity contribution in [2.24, 2.45) is 16.2 Å². The van der Waals surface area contributed by atoms with E-state index in [2.05, 4.69) is 9.71 Å². The van der Waals surface area contributed by atoms with E-state index in [1.54, 1.807) is 32.1 Å². The van der Waals surface area contributed by atoms with Crippen LogP contribution in [-0.4, -0.2) is 30.2 Å². The normalized spacial score (nSPS) is 25.0. The fourth-order valence-electron chi connectivity index (χ4n) is 3.79. The van der Waals surface area contributed by atoms with Gasteiger partial charge in [-0.3, -0.25) is 14.9 Å². The number of benzene rings is 1. The van der Waals surface area contributed by atoms with Gasteiger partial charge in [0.05, 0.1) is 16.1 Å². The van der Waals surface area contributed by atoms with Crippen molar-refractivity contribution in [2.45, 2.75) is 51.2 Å². The zero-order chi connectivity index (χ0) is 22.8. The van der Waals surface area contributed by atoms with E-state index >= 15 is 0 Å². The van der Waals surface area contributed by atoms with Crippen molar-refractivity contribution in [3.8, 4) is 0 Å². The molecular formula is C22H27N3O5S. The molecule has 2 aliphatic rings. The average molecular weight is 446 g/mol. The van der Waals surface area contributed by atoms with Crippen LogP contribution >= 0.6 is 0 Å². The zero-order valence-electron chi connectivity index (χ0n) is 17.8. The van der Waals surface area contributed by atoms with Crippen molar-refractivity contribution >= 4 is 27.3 Å². The van der Waals surface area contributed by atoms with Crippen LogP contribution < -0.4 is 5.32 Å². The highest BCUT2D eigenvalue weighted by Crippen LogP contribution is 2.34. The molecule has 1 N–H and O–H groups in total. The molecule has 8 nitrogen and oxygen atoms in total. The number of hydrogen-bond acceptors (Lipinski definition) is 5. The van der Waals surface area contributed by atoms with Gasteiger partial charge in [-0.15, -0.1) is 0 Å². The Morgan fingerprint density at radius 1 is 1.26 bits per heavy atom. The third-order valence-corrected chi connectivity index (χ3v) is 7.43. The zero-order valence-corrected chi connectivity index (χ0v) is 18.6. The highest BCUT2D eigenvalue weighted by atomic mass is 32.2. The highest BCUT2D eigenvalue weighted by molar-refractivity contribution is 7.90. The minimum Gasteiger partial charge on any atom is -0.326 e. The smallest absolute Gasteiger partial charge is 0.265 e. The summed E-state index contributed by atoms with van der Waals surface area (Å²) in [7, 11) is -3.50. The van der Waals surface area contributed by atoms with E-state index in [4.69, 9.17) is 0 Å². The molecule has 0 bridgehead atoms. The number of carbonyl (C=O) groups excluding carboxylic acids is 1. The van der Waals surface area contributed by atoms with Crippen molar-refractivity contribution in [1.82, 2.24) is 0 Å². The first-order chi connectivity index (χ1) is 14.6. The SMILES string of the molecule is CC1C=CC([N+](=O)[O-])=CC1C(=O)Nc1ccc([C@H]2CCCC2=NS(=O)(=O)C(C)C)cc1. The van der Waals surface area contributed by atoms with Crippen LogP contribution in [0.1, 0.15) is 51.5 Å². The van der Waals surface area contributed by atoms with Gasteiger partial charge in [0, 0.05) is 29.5 Å². The van der Waals surface area contributed by atoms with Gasteiger partial charge in [0.15, 0.2) is 0 Å². The minimum absolute atomic E-state index is 0.0487. The van der Waals surface area contributed by atoms with Gasteiger partial charge in [-0.25, -0.2) is 8.42 Å². The molecule has 2 unspecified atom stereocenters. The summed E-state index contributed by atoms with van der Waals surface area (Å²) in [5.41, 5.74) is 2.14. The summed E-state index contributed by atoms with van der Waals surface area (Å²) < 4.78 is 28.5. The Labute approximate surface area is 182 Å². The van der Waals surface area contributed by atoms with E-state index in [0.717, 1.165) is 18.4 Å². The molecule has 1 fully saturated rings. The molecule has 1 saturated carbocycles. The molecule has 0 heterocycles. The first-order valence-corrected chi connectivity index (χ1v) is 11.9. The van der Waals surface area contributed by atoms with Crippen LogP contribution in [0.3, 0.4) is 0 Å². The van der Waals surface area contributed by atoms with Gasteiger partial charge >= 0.3 is 0 Å². The number of carbonyl (C=O) groups is 1. The molecule has 3 atom stereocenters. The molecule has 1 aromatic carbocycles. The second-order valence-electron chi connectivity index (χ2n) is 8.30. The van der Waals surface area contributed by atoms with E-state index in [9.17, 15) is 23.3 Å². The summed E-state index contributed by atoms with van der Waals surface area (Å²) >= 11 is 0. The van der Waals surface area contributed by atoms with Gasteiger partial charge in [-0.05, 0) is 56.7 Å². The van der Waals surface area contributed by atoms with Crippen molar-refractivity contribution in [3.63, 3.8) is 0 Å². The van der Waals surface area contributed by atoms with Gasteiger partial charge in [0.25, 0.3) is 15.7 Å². The maximum absolute atomic E-state index is 12.7. The third kappa shape index (κ3) is 5.28. The van der Waals surface area contributed by atoms with Gasteiger partial charge in [-0.2, -0.15) is 4.40 Å². The van der Waals surface area contributed by atoms with Gasteiger partial charge < -0.3 is 5.32 Å². The Morgan fingerprint density at radius 2 is 1.94 bits per heavy atom. The second kappa shape index (κ2) is 9.13. The first kappa shape index (κ1) is 22.9. The van der Waals surface area contributed by atoms with E-state index in [0.29, 0.717) is 17.8 Å². The molecule has 3 rings (SSSR count). The summed E-state index contributed by atoms with van der Waals surface area (Å²) in [5.74, 6) is -1.13. The number of hydrogen-bond donors (Lipinski definition) is 1. The molecule has 166 valence electrons. The van der Waals surface area contributed by atoms with Crippen molar-refractivity contribution in [3.05, 3.63) is 63.9 Å². The molecule has 1 aromatic rings. The molecule has 0 spiro atoms. The van der Waals surface area contributed by atoms with E-state index in [-0.39, 0.29) is 23.4 Å². The maximum atomic E-state index is 12.7. The Kier molecular flexibility index (Phi) is 6.74. The van der Waals surface area contributed by atoms with Crippen molar-refractivity contribution in [1.29, 1.82) is 0 Å². The molecule has 31 heavy (non-hydrogen) atoms. The minimum atomic E-state index is -3.50. The second-order valence-corrected chi connectivity index (χ2v) is 10.5. The van der Waals surface area contributed by atoms with Crippen LogP contribution in [0, 0.1) is 22.0 Å². The molecule has 0 radical (unpaired) electrons. The largest absolute Gasteiger partial charge is 0.326 e. The fraction of sp³-hybridized carbons (Fsp3) is 0.455. The van der Waals surface area contributed by atoms with Gasteiger partial charge in [-0.1, -0.05) is 25.1 Å². The molecule has 2 aliphatic carbocycles. The molecule has 0 aromatic heterocycles. The van der Waals surface area contributed by atoms with Crippen molar-refractivity contribution < 1.29 is 18.1 Å². The summed E-state index contributed by atoms with van der Waals surface area (Å²) in [4.78, 5) is 23.2. The lowest BCUT2D eigenvalue weighted by molar-refractivity contribution is -0.419. The number of sulfonamides is 1. The van der Waals surface area contributed by atoms with Crippen LogP contribution in [0.5, 0.6) is 0 Å². The average Bonchev–Trinajstić information content (AvgIpc) is 3.15. The fourth-order valence-corrected chi connectivity index (χ4v) is 4.54. The Hall–Kier alpha value is -2.81. The van der Waals surface area contributed by atoms with Gasteiger partial charge in [0.2, 0.25) is 5.91 Å². The van der Waals surface area contributed by atoms with Crippen LogP contribution in [0.2, 0.25) is 0 Å². The van der Waals surface area contributed by atoms with Crippen molar-refractivity contribution in [2.75, 3.05) is 5.32 Å². The van der Waals surface area contributed by atoms with E-state index in [1.165, 1.54) is 12.2 Å². The Morgan fingerprint density at radius 3 is 2.55 bits per heavy atom. The van der Waals surface area contributed by atoms with Crippen LogP contribution in [-0.2, 0) is 14.8 Å². The predicted octanol–water partition coefficient (Wildman–Crippen LogP) is 4.05. The molecule has 1 amide bonds. The maximum Gasteiger partial charge on any atom is 0.265 e. The van der Waals surface area contributed by atoms with E-state index < -0.39 is 26.1 Å². The Bertz CT molecular complexity index is 1060. The number of amides is 1. The first-order valence-electron chi connectivity index (χ1n) is 10.4. The Balaban J connectivity index is 1.73. The molecule has 9 heteroatoms. The quantitative estimate of drug-likeness (QED) is 0.523. The summed E-state index contributed by atoms with van der Waals surface area (Å²) in [6.45, 7) is 5.07. The number of rotatable bonds is 6. The number of nitro groups is 1. The topological polar surface area (TPSA) is 119 Å². The highest BCUT2D eigenvalue weighted by Gasteiger charge is 2.29. The van der Waals surface area contributed by atoms with E-state index in [1.807, 2.05) is 19.1 Å². The summed E-state index contributed by atoms with van der Waals surface area (Å²) in [5, 5.41) is 13.3. The standard InChI is InChI=1S/C22H27N3O5S/c1-14(2)31(29,30)24-21-6-4-5-19(21)16-8-10-17(11-9-16)23-22(26)20-13-18(25(27)28)12-7-15(20)3/h7-15,19-20H,4-6H2,1-3H3,(H,23,26)/t15?,19-,20?/m1/s1. The lowest BCUT2D eigenvalue weighted by Gasteiger charge is -2.20. The number of nitrogens with zero attached hydrogens (tertiary/aromatic N) is 2. The predicted molar refractivity (Wildman–Crippen MR) is 120 cm³/mol. The van der Waals surface area contributed by atoms with Crippen LogP contribution in [0.4, 0.5) is 5.69 Å². The molecule has 0 aliphatic heterocycles. The molecule has 0 saturated heterocycles. The third-order valence-electron chi connectivity index (χ3n) is 5.75. The number of anilines is 1. The number of allylic oxidation sites excluding steroid dienone is 2. The lowest BCUT2D eigenvalue weighted by atomic mass is 9.88. The summed E-state index contributed by atoms with van der Waals surface area (Å²) in [6.07, 6.45) is 6.84. The van der Waals surface area contributed by atoms with Crippen LogP contribution in [0.25, 0.3) is 0 Å². The monoisotopic (exact) mass is 445 g/mol. The van der Waals surface area contributed by atoms with Gasteiger partial charge in [0.1, 0.15) is 0 Å².